The fourth-order valence-electron chi connectivity index (χ4n) is 2.06. The van der Waals surface area contributed by atoms with Crippen LogP contribution in [0.4, 0.5) is 10.2 Å². The van der Waals surface area contributed by atoms with Crippen LogP contribution in [0.25, 0.3) is 5.65 Å². The number of hydrogen-bond acceptors (Lipinski definition) is 4. The maximum Gasteiger partial charge on any atom is 0.157 e. The van der Waals surface area contributed by atoms with Gasteiger partial charge in [-0.25, -0.2) is 13.9 Å². The first kappa shape index (κ1) is 12.4. The number of fused-ring (bicyclic) bond motifs is 1. The molecule has 0 spiro atoms. The lowest BCUT2D eigenvalue weighted by Crippen LogP contribution is -2.09. The molecule has 3 aromatic rings. The van der Waals surface area contributed by atoms with Gasteiger partial charge >= 0.3 is 0 Å². The van der Waals surface area contributed by atoms with E-state index in [1.54, 1.807) is 29.0 Å². The number of nitrogens with one attached hydrogen (secondary N) is 1. The molecule has 1 aromatic carbocycles. The number of hydrogen-bond donors (Lipinski definition) is 2. The zero-order chi connectivity index (χ0) is 14.1. The molecule has 5 nitrogen and oxygen atoms in total. The Morgan fingerprint density at radius 2 is 2.15 bits per heavy atom. The molecule has 0 aliphatic carbocycles. The van der Waals surface area contributed by atoms with Crippen molar-refractivity contribution in [2.24, 2.45) is 0 Å². The van der Waals surface area contributed by atoms with E-state index in [0.29, 0.717) is 17.0 Å². The number of anilines is 1. The Labute approximate surface area is 114 Å². The van der Waals surface area contributed by atoms with Gasteiger partial charge in [-0.2, -0.15) is 5.10 Å². The molecular formula is C14H13FN4O. The molecule has 0 amide bonds. The van der Waals surface area contributed by atoms with Crippen molar-refractivity contribution in [1.82, 2.24) is 14.6 Å². The molecule has 102 valence electrons. The second kappa shape index (κ2) is 4.80. The smallest absolute Gasteiger partial charge is 0.157 e. The quantitative estimate of drug-likeness (QED) is 0.769. The number of halogens is 1. The number of phenols is 1. The summed E-state index contributed by atoms with van der Waals surface area (Å²) < 4.78 is 14.9. The van der Waals surface area contributed by atoms with Crippen LogP contribution in [-0.2, 0) is 0 Å². The van der Waals surface area contributed by atoms with Gasteiger partial charge in [-0.3, -0.25) is 0 Å². The summed E-state index contributed by atoms with van der Waals surface area (Å²) in [5, 5.41) is 17.0. The maximum absolute atomic E-state index is 13.2. The second-order valence-electron chi connectivity index (χ2n) is 4.52. The van der Waals surface area contributed by atoms with Crippen LogP contribution in [0.1, 0.15) is 18.5 Å². The number of benzene rings is 1. The Kier molecular flexibility index (Phi) is 2.98. The highest BCUT2D eigenvalue weighted by Gasteiger charge is 2.12. The van der Waals surface area contributed by atoms with Crippen LogP contribution in [0.5, 0.6) is 5.75 Å². The molecule has 0 unspecified atom stereocenters. The summed E-state index contributed by atoms with van der Waals surface area (Å²) >= 11 is 0. The van der Waals surface area contributed by atoms with Crippen molar-refractivity contribution in [2.45, 2.75) is 13.0 Å². The Balaban J connectivity index is 1.87. The molecule has 0 radical (unpaired) electrons. The lowest BCUT2D eigenvalue weighted by Gasteiger charge is -2.16. The SMILES string of the molecule is C[C@@H](Nc1ccn2nccc2n1)c1cc(F)ccc1O. The molecule has 2 aromatic heterocycles. The van der Waals surface area contributed by atoms with Gasteiger partial charge in [0.05, 0.1) is 12.2 Å². The van der Waals surface area contributed by atoms with Crippen LogP contribution in [0, 0.1) is 5.82 Å². The van der Waals surface area contributed by atoms with Gasteiger partial charge in [0.2, 0.25) is 0 Å². The topological polar surface area (TPSA) is 62.5 Å². The Morgan fingerprint density at radius 1 is 1.30 bits per heavy atom. The van der Waals surface area contributed by atoms with E-state index in [0.717, 1.165) is 0 Å². The Hall–Kier alpha value is -2.63. The maximum atomic E-state index is 13.2. The van der Waals surface area contributed by atoms with Crippen LogP contribution in [0.2, 0.25) is 0 Å². The van der Waals surface area contributed by atoms with Crippen molar-refractivity contribution < 1.29 is 9.50 Å². The fraction of sp³-hybridized carbons (Fsp3) is 0.143. The van der Waals surface area contributed by atoms with Gasteiger partial charge in [0.15, 0.2) is 5.65 Å². The molecule has 6 heteroatoms. The summed E-state index contributed by atoms with van der Waals surface area (Å²) in [6.45, 7) is 1.83. The van der Waals surface area contributed by atoms with E-state index < -0.39 is 0 Å². The average molecular weight is 272 g/mol. The Morgan fingerprint density at radius 3 is 3.00 bits per heavy atom. The highest BCUT2D eigenvalue weighted by atomic mass is 19.1. The highest BCUT2D eigenvalue weighted by molar-refractivity contribution is 5.48. The third-order valence-corrected chi connectivity index (χ3v) is 3.08. The molecule has 0 saturated heterocycles. The zero-order valence-corrected chi connectivity index (χ0v) is 10.8. The van der Waals surface area contributed by atoms with E-state index in [-0.39, 0.29) is 17.6 Å². The number of aromatic hydroxyl groups is 1. The number of nitrogens with zero attached hydrogens (tertiary/aromatic N) is 3. The molecule has 2 N–H and O–H groups in total. The first-order valence-corrected chi connectivity index (χ1v) is 6.19. The van der Waals surface area contributed by atoms with E-state index >= 15 is 0 Å². The fourth-order valence-corrected chi connectivity index (χ4v) is 2.06. The molecule has 2 heterocycles. The lowest BCUT2D eigenvalue weighted by atomic mass is 10.1. The molecule has 0 aliphatic rings. The van der Waals surface area contributed by atoms with Crippen LogP contribution >= 0.6 is 0 Å². The van der Waals surface area contributed by atoms with Gasteiger partial charge in [0.25, 0.3) is 0 Å². The predicted octanol–water partition coefficient (Wildman–Crippen LogP) is 2.75. The third kappa shape index (κ3) is 2.27. The molecular weight excluding hydrogens is 259 g/mol. The first-order chi connectivity index (χ1) is 9.63. The van der Waals surface area contributed by atoms with Crippen LogP contribution in [0.15, 0.2) is 42.7 Å². The highest BCUT2D eigenvalue weighted by Crippen LogP contribution is 2.27. The largest absolute Gasteiger partial charge is 0.508 e. The summed E-state index contributed by atoms with van der Waals surface area (Å²) in [6, 6.07) is 7.16. The number of rotatable bonds is 3. The molecule has 0 fully saturated rings. The van der Waals surface area contributed by atoms with Crippen LogP contribution in [-0.4, -0.2) is 19.7 Å². The predicted molar refractivity (Wildman–Crippen MR) is 73.1 cm³/mol. The minimum atomic E-state index is -0.384. The van der Waals surface area contributed by atoms with Gasteiger partial charge < -0.3 is 10.4 Å². The van der Waals surface area contributed by atoms with Crippen molar-refractivity contribution in [1.29, 1.82) is 0 Å². The summed E-state index contributed by atoms with van der Waals surface area (Å²) in [5.41, 5.74) is 1.20. The Bertz CT molecular complexity index is 756. The van der Waals surface area contributed by atoms with Gasteiger partial charge in [-0.15, -0.1) is 0 Å². The summed E-state index contributed by atoms with van der Waals surface area (Å²) in [4.78, 5) is 4.37. The van der Waals surface area contributed by atoms with E-state index in [1.165, 1.54) is 18.2 Å². The lowest BCUT2D eigenvalue weighted by molar-refractivity contribution is 0.462. The minimum absolute atomic E-state index is 0.0526. The molecule has 20 heavy (non-hydrogen) atoms. The van der Waals surface area contributed by atoms with Crippen molar-refractivity contribution >= 4 is 11.5 Å². The number of phenolic OH excluding ortho intramolecular Hbond substituents is 1. The van der Waals surface area contributed by atoms with E-state index in [1.807, 2.05) is 6.92 Å². The van der Waals surface area contributed by atoms with Gasteiger partial charge in [0, 0.05) is 17.8 Å². The molecule has 0 aliphatic heterocycles. The number of aromatic nitrogens is 3. The molecule has 1 atom stereocenters. The standard InChI is InChI=1S/C14H13FN4O/c1-9(11-8-10(15)2-3-12(11)20)17-13-5-7-19-14(18-13)4-6-16-19/h2-9,20H,1H3,(H,17,18)/t9-/m1/s1. The van der Waals surface area contributed by atoms with E-state index in [2.05, 4.69) is 15.4 Å². The zero-order valence-electron chi connectivity index (χ0n) is 10.8. The minimum Gasteiger partial charge on any atom is -0.508 e. The van der Waals surface area contributed by atoms with E-state index in [9.17, 15) is 9.50 Å². The van der Waals surface area contributed by atoms with Gasteiger partial charge in [0.1, 0.15) is 17.4 Å². The second-order valence-corrected chi connectivity index (χ2v) is 4.52. The summed E-state index contributed by atoms with van der Waals surface area (Å²) in [5.74, 6) is 0.302. The van der Waals surface area contributed by atoms with Crippen molar-refractivity contribution in [3.8, 4) is 5.75 Å². The molecule has 0 bridgehead atoms. The normalized spacial score (nSPS) is 12.5. The monoisotopic (exact) mass is 272 g/mol. The van der Waals surface area contributed by atoms with Crippen LogP contribution < -0.4 is 5.32 Å². The van der Waals surface area contributed by atoms with Gasteiger partial charge in [-0.1, -0.05) is 0 Å². The summed E-state index contributed by atoms with van der Waals surface area (Å²) in [7, 11) is 0. The molecule has 0 saturated carbocycles. The van der Waals surface area contributed by atoms with Crippen molar-refractivity contribution in [2.75, 3.05) is 5.32 Å². The third-order valence-electron chi connectivity index (χ3n) is 3.08. The van der Waals surface area contributed by atoms with E-state index in [4.69, 9.17) is 0 Å². The van der Waals surface area contributed by atoms with Crippen LogP contribution in [0.3, 0.4) is 0 Å². The van der Waals surface area contributed by atoms with Crippen molar-refractivity contribution in [3.05, 3.63) is 54.1 Å². The van der Waals surface area contributed by atoms with Crippen molar-refractivity contribution in [3.63, 3.8) is 0 Å². The first-order valence-electron chi connectivity index (χ1n) is 6.19. The van der Waals surface area contributed by atoms with Gasteiger partial charge in [-0.05, 0) is 31.2 Å². The average Bonchev–Trinajstić information content (AvgIpc) is 2.89. The molecule has 3 rings (SSSR count). The summed E-state index contributed by atoms with van der Waals surface area (Å²) in [6.07, 6.45) is 3.44.